The van der Waals surface area contributed by atoms with Crippen LogP contribution in [0.3, 0.4) is 0 Å². The fourth-order valence-electron chi connectivity index (χ4n) is 1.76. The number of rotatable bonds is 8. The number of nitrogens with one attached hydrogen (secondary N) is 2. The van der Waals surface area contributed by atoms with E-state index in [9.17, 15) is 4.79 Å². The molecule has 0 spiro atoms. The van der Waals surface area contributed by atoms with Crippen LogP contribution < -0.4 is 10.6 Å². The second kappa shape index (κ2) is 6.86. The van der Waals surface area contributed by atoms with Crippen LogP contribution >= 0.6 is 0 Å². The second-order valence-electron chi connectivity index (χ2n) is 4.76. The van der Waals surface area contributed by atoms with Crippen molar-refractivity contribution < 1.29 is 4.79 Å². The maximum Gasteiger partial charge on any atom is 0.220 e. The second-order valence-corrected chi connectivity index (χ2v) is 4.76. The number of carbonyl (C=O) groups excluding carboxylic acids is 1. The smallest absolute Gasteiger partial charge is 0.220 e. The van der Waals surface area contributed by atoms with Crippen molar-refractivity contribution in [3.8, 4) is 0 Å². The molecule has 1 saturated carbocycles. The Kier molecular flexibility index (Phi) is 5.77. The Morgan fingerprint density at radius 2 is 2.19 bits per heavy atom. The highest BCUT2D eigenvalue weighted by atomic mass is 16.1. The Bertz CT molecular complexity index is 216. The molecule has 1 amide bonds. The summed E-state index contributed by atoms with van der Waals surface area (Å²) in [6.45, 7) is 3.85. The van der Waals surface area contributed by atoms with Gasteiger partial charge in [0.2, 0.25) is 5.91 Å². The van der Waals surface area contributed by atoms with Gasteiger partial charge in [-0.2, -0.15) is 0 Å². The fraction of sp³-hybridized carbons (Fsp3) is 0.917. The predicted octanol–water partition coefficient (Wildman–Crippen LogP) is 0.585. The first-order valence-electron chi connectivity index (χ1n) is 6.28. The maximum absolute atomic E-state index is 11.5. The topological polar surface area (TPSA) is 44.4 Å². The van der Waals surface area contributed by atoms with Crippen LogP contribution in [0.1, 0.15) is 32.6 Å². The Morgan fingerprint density at radius 1 is 1.50 bits per heavy atom. The van der Waals surface area contributed by atoms with Gasteiger partial charge in [-0.05, 0) is 46.8 Å². The van der Waals surface area contributed by atoms with Crippen LogP contribution in [0.15, 0.2) is 0 Å². The largest absolute Gasteiger partial charge is 0.355 e. The molecule has 1 unspecified atom stereocenters. The van der Waals surface area contributed by atoms with E-state index >= 15 is 0 Å². The van der Waals surface area contributed by atoms with Gasteiger partial charge in [0.1, 0.15) is 0 Å². The monoisotopic (exact) mass is 227 g/mol. The van der Waals surface area contributed by atoms with E-state index < -0.39 is 0 Å². The lowest BCUT2D eigenvalue weighted by Gasteiger charge is -2.24. The van der Waals surface area contributed by atoms with Gasteiger partial charge in [0.25, 0.3) is 0 Å². The summed E-state index contributed by atoms with van der Waals surface area (Å²) in [6.07, 6.45) is 4.17. The normalized spacial score (nSPS) is 17.5. The minimum Gasteiger partial charge on any atom is -0.355 e. The molecule has 1 rings (SSSR count). The molecule has 0 saturated heterocycles. The molecule has 0 heterocycles. The van der Waals surface area contributed by atoms with E-state index in [1.165, 1.54) is 12.8 Å². The lowest BCUT2D eigenvalue weighted by atomic mass is 10.2. The highest BCUT2D eigenvalue weighted by molar-refractivity contribution is 5.75. The van der Waals surface area contributed by atoms with Crippen molar-refractivity contribution >= 4 is 5.91 Å². The molecule has 4 heteroatoms. The van der Waals surface area contributed by atoms with Crippen molar-refractivity contribution in [2.75, 3.05) is 27.2 Å². The molecule has 94 valence electrons. The molecule has 0 aromatic heterocycles. The summed E-state index contributed by atoms with van der Waals surface area (Å²) in [6, 6.07) is 1.21. The minimum atomic E-state index is 0.172. The standard InChI is InChI=1S/C12H25N3O/c1-10(15(3)11-6-7-11)9-14-12(16)5-4-8-13-2/h10-11,13H,4-9H2,1-3H3,(H,14,16). The average molecular weight is 227 g/mol. The van der Waals surface area contributed by atoms with Crippen molar-refractivity contribution in [3.63, 3.8) is 0 Å². The molecule has 1 aliphatic carbocycles. The Balaban J connectivity index is 2.05. The van der Waals surface area contributed by atoms with Crippen LogP contribution in [0, 0.1) is 0 Å². The molecular formula is C12H25N3O. The van der Waals surface area contributed by atoms with E-state index in [1.54, 1.807) is 0 Å². The summed E-state index contributed by atoms with van der Waals surface area (Å²) in [4.78, 5) is 13.8. The van der Waals surface area contributed by atoms with E-state index in [0.717, 1.165) is 25.6 Å². The number of carbonyl (C=O) groups is 1. The van der Waals surface area contributed by atoms with Gasteiger partial charge in [0.15, 0.2) is 0 Å². The first kappa shape index (κ1) is 13.5. The van der Waals surface area contributed by atoms with E-state index in [2.05, 4.69) is 29.5 Å². The number of nitrogens with zero attached hydrogens (tertiary/aromatic N) is 1. The van der Waals surface area contributed by atoms with Crippen molar-refractivity contribution in [1.29, 1.82) is 0 Å². The molecule has 0 bridgehead atoms. The van der Waals surface area contributed by atoms with E-state index in [1.807, 2.05) is 7.05 Å². The molecule has 4 nitrogen and oxygen atoms in total. The summed E-state index contributed by atoms with van der Waals surface area (Å²) in [5.74, 6) is 0.172. The molecule has 0 aromatic rings. The van der Waals surface area contributed by atoms with Crippen molar-refractivity contribution in [1.82, 2.24) is 15.5 Å². The maximum atomic E-state index is 11.5. The van der Waals surface area contributed by atoms with Gasteiger partial charge in [-0.1, -0.05) is 0 Å². The summed E-state index contributed by atoms with van der Waals surface area (Å²) in [7, 11) is 4.06. The summed E-state index contributed by atoms with van der Waals surface area (Å²) in [5.41, 5.74) is 0. The molecule has 0 aromatic carbocycles. The average Bonchev–Trinajstić information content (AvgIpc) is 3.09. The summed E-state index contributed by atoms with van der Waals surface area (Å²) in [5, 5.41) is 6.04. The molecule has 0 radical (unpaired) electrons. The SMILES string of the molecule is CNCCCC(=O)NCC(C)N(C)C1CC1. The highest BCUT2D eigenvalue weighted by Gasteiger charge is 2.28. The van der Waals surface area contributed by atoms with Crippen LogP contribution in [0.4, 0.5) is 0 Å². The predicted molar refractivity (Wildman–Crippen MR) is 66.4 cm³/mol. The quantitative estimate of drug-likeness (QED) is 0.596. The summed E-state index contributed by atoms with van der Waals surface area (Å²) < 4.78 is 0. The first-order chi connectivity index (χ1) is 7.65. The van der Waals surface area contributed by atoms with Crippen molar-refractivity contribution in [3.05, 3.63) is 0 Å². The minimum absolute atomic E-state index is 0.172. The third kappa shape index (κ3) is 4.94. The van der Waals surface area contributed by atoms with Crippen LogP contribution in [0.25, 0.3) is 0 Å². The Morgan fingerprint density at radius 3 is 2.75 bits per heavy atom. The zero-order chi connectivity index (χ0) is 12.0. The van der Waals surface area contributed by atoms with Gasteiger partial charge in [-0.25, -0.2) is 0 Å². The molecule has 16 heavy (non-hydrogen) atoms. The van der Waals surface area contributed by atoms with E-state index in [0.29, 0.717) is 12.5 Å². The number of likely N-dealkylation sites (N-methyl/N-ethyl adjacent to an activating group) is 1. The number of hydrogen-bond acceptors (Lipinski definition) is 3. The van der Waals surface area contributed by atoms with Crippen LogP contribution in [-0.2, 0) is 4.79 Å². The van der Waals surface area contributed by atoms with Crippen LogP contribution in [-0.4, -0.2) is 50.1 Å². The molecule has 0 aliphatic heterocycles. The van der Waals surface area contributed by atoms with Crippen molar-refractivity contribution in [2.45, 2.75) is 44.7 Å². The van der Waals surface area contributed by atoms with Gasteiger partial charge in [-0.15, -0.1) is 0 Å². The molecule has 2 N–H and O–H groups in total. The lowest BCUT2D eigenvalue weighted by molar-refractivity contribution is -0.121. The van der Waals surface area contributed by atoms with Gasteiger partial charge in [-0.3, -0.25) is 9.69 Å². The first-order valence-corrected chi connectivity index (χ1v) is 6.28. The fourth-order valence-corrected chi connectivity index (χ4v) is 1.76. The molecule has 1 atom stereocenters. The Hall–Kier alpha value is -0.610. The zero-order valence-corrected chi connectivity index (χ0v) is 10.8. The van der Waals surface area contributed by atoms with Gasteiger partial charge in [0, 0.05) is 25.0 Å². The zero-order valence-electron chi connectivity index (χ0n) is 10.8. The third-order valence-corrected chi connectivity index (χ3v) is 3.24. The number of hydrogen-bond donors (Lipinski definition) is 2. The lowest BCUT2D eigenvalue weighted by Crippen LogP contribution is -2.41. The van der Waals surface area contributed by atoms with Gasteiger partial charge < -0.3 is 10.6 Å². The number of amides is 1. The van der Waals surface area contributed by atoms with Gasteiger partial charge in [0.05, 0.1) is 0 Å². The summed E-state index contributed by atoms with van der Waals surface area (Å²) >= 11 is 0. The van der Waals surface area contributed by atoms with Crippen LogP contribution in [0.2, 0.25) is 0 Å². The van der Waals surface area contributed by atoms with Crippen LogP contribution in [0.5, 0.6) is 0 Å². The van der Waals surface area contributed by atoms with E-state index in [-0.39, 0.29) is 5.91 Å². The Labute approximate surface area is 98.8 Å². The van der Waals surface area contributed by atoms with Crippen molar-refractivity contribution in [2.24, 2.45) is 0 Å². The molecule has 1 aliphatic rings. The molecule has 1 fully saturated rings. The third-order valence-electron chi connectivity index (χ3n) is 3.24. The highest BCUT2D eigenvalue weighted by Crippen LogP contribution is 2.26. The van der Waals surface area contributed by atoms with Gasteiger partial charge >= 0.3 is 0 Å². The molecular weight excluding hydrogens is 202 g/mol. The van der Waals surface area contributed by atoms with E-state index in [4.69, 9.17) is 0 Å².